The van der Waals surface area contributed by atoms with Gasteiger partial charge in [-0.15, -0.1) is 0 Å². The maximum absolute atomic E-state index is 6.07. The van der Waals surface area contributed by atoms with Crippen molar-refractivity contribution in [3.05, 3.63) is 12.2 Å². The lowest BCUT2D eigenvalue weighted by Crippen LogP contribution is -2.37. The number of nitrogens with two attached hydrogens (primary N) is 1. The molecule has 0 aliphatic heterocycles. The van der Waals surface area contributed by atoms with Crippen molar-refractivity contribution in [1.29, 1.82) is 0 Å². The highest BCUT2D eigenvalue weighted by Crippen LogP contribution is 2.27. The topological polar surface area (TPSA) is 26.0 Å². The second-order valence-corrected chi connectivity index (χ2v) is 5.26. The van der Waals surface area contributed by atoms with Gasteiger partial charge in [-0.1, -0.05) is 32.9 Å². The average Bonchev–Trinajstić information content (AvgIpc) is 1.82. The van der Waals surface area contributed by atoms with Gasteiger partial charge in [-0.3, -0.25) is 0 Å². The number of rotatable bonds is 3. The summed E-state index contributed by atoms with van der Waals surface area (Å²) in [7, 11) is 0. The highest BCUT2D eigenvalue weighted by Gasteiger charge is 2.22. The van der Waals surface area contributed by atoms with Crippen LogP contribution in [0.2, 0.25) is 0 Å². The second-order valence-electron chi connectivity index (χ2n) is 5.26. The lowest BCUT2D eigenvalue weighted by Gasteiger charge is -2.29. The molecular formula is C11H23N. The predicted octanol–water partition coefficient (Wildman–Crippen LogP) is 3.11. The molecule has 0 spiro atoms. The molecule has 0 fully saturated rings. The van der Waals surface area contributed by atoms with Crippen molar-refractivity contribution >= 4 is 0 Å². The van der Waals surface area contributed by atoms with E-state index in [0.29, 0.717) is 5.41 Å². The van der Waals surface area contributed by atoms with Crippen LogP contribution < -0.4 is 5.73 Å². The van der Waals surface area contributed by atoms with Crippen molar-refractivity contribution in [1.82, 2.24) is 0 Å². The van der Waals surface area contributed by atoms with Gasteiger partial charge >= 0.3 is 0 Å². The Kier molecular flexibility index (Phi) is 3.52. The molecule has 1 unspecified atom stereocenters. The summed E-state index contributed by atoms with van der Waals surface area (Å²) >= 11 is 0. The first-order chi connectivity index (χ1) is 5.15. The summed E-state index contributed by atoms with van der Waals surface area (Å²) in [6.07, 6.45) is 2.17. The van der Waals surface area contributed by atoms with Crippen LogP contribution in [0, 0.1) is 5.41 Å². The van der Waals surface area contributed by atoms with Crippen LogP contribution in [0.1, 0.15) is 47.5 Å². The van der Waals surface area contributed by atoms with Crippen molar-refractivity contribution in [3.8, 4) is 0 Å². The second kappa shape index (κ2) is 3.61. The Balaban J connectivity index is 4.01. The first-order valence-corrected chi connectivity index (χ1v) is 4.60. The molecule has 1 heteroatoms. The fraction of sp³-hybridized carbons (Fsp3) is 0.818. The molecule has 0 heterocycles. The summed E-state index contributed by atoms with van der Waals surface area (Å²) in [5.74, 6) is 0. The van der Waals surface area contributed by atoms with E-state index in [4.69, 9.17) is 5.73 Å². The Hall–Kier alpha value is -0.300. The Morgan fingerprint density at radius 2 is 1.58 bits per heavy atom. The van der Waals surface area contributed by atoms with Crippen LogP contribution in [0.15, 0.2) is 12.2 Å². The van der Waals surface area contributed by atoms with E-state index in [1.165, 1.54) is 0 Å². The van der Waals surface area contributed by atoms with Crippen molar-refractivity contribution in [3.63, 3.8) is 0 Å². The quantitative estimate of drug-likeness (QED) is 0.645. The zero-order chi connectivity index (χ0) is 9.99. The highest BCUT2D eigenvalue weighted by molar-refractivity contribution is 5.10. The molecular weight excluding hydrogens is 146 g/mol. The summed E-state index contributed by atoms with van der Waals surface area (Å²) in [5, 5.41) is 0. The molecule has 0 saturated carbocycles. The zero-order valence-corrected chi connectivity index (χ0v) is 9.20. The van der Waals surface area contributed by atoms with Gasteiger partial charge in [0, 0.05) is 5.54 Å². The summed E-state index contributed by atoms with van der Waals surface area (Å²) < 4.78 is 0. The van der Waals surface area contributed by atoms with E-state index in [2.05, 4.69) is 34.3 Å². The summed E-state index contributed by atoms with van der Waals surface area (Å²) in [6.45, 7) is 14.7. The minimum Gasteiger partial charge on any atom is -0.322 e. The first-order valence-electron chi connectivity index (χ1n) is 4.60. The third-order valence-electron chi connectivity index (χ3n) is 2.37. The van der Waals surface area contributed by atoms with E-state index >= 15 is 0 Å². The van der Waals surface area contributed by atoms with Crippen molar-refractivity contribution in [2.45, 2.75) is 53.0 Å². The minimum atomic E-state index is -0.187. The zero-order valence-electron chi connectivity index (χ0n) is 9.20. The smallest absolute Gasteiger partial charge is 0.0334 e. The molecule has 1 atom stereocenters. The first kappa shape index (κ1) is 11.7. The van der Waals surface area contributed by atoms with Gasteiger partial charge in [0.05, 0.1) is 0 Å². The maximum Gasteiger partial charge on any atom is 0.0334 e. The largest absolute Gasteiger partial charge is 0.322 e. The summed E-state index contributed by atoms with van der Waals surface area (Å²) in [4.78, 5) is 0. The Labute approximate surface area is 77.0 Å². The van der Waals surface area contributed by atoms with Gasteiger partial charge in [-0.25, -0.2) is 0 Å². The van der Waals surface area contributed by atoms with Gasteiger partial charge in [0.1, 0.15) is 0 Å². The van der Waals surface area contributed by atoms with E-state index in [-0.39, 0.29) is 5.54 Å². The average molecular weight is 169 g/mol. The van der Waals surface area contributed by atoms with Gasteiger partial charge in [0.15, 0.2) is 0 Å². The fourth-order valence-corrected chi connectivity index (χ4v) is 0.848. The standard InChI is InChI=1S/C11H23N/c1-9(2)11(6,12)8-7-10(3,4)5/h1,7-8,12H2,2-6H3. The molecule has 0 aliphatic carbocycles. The van der Waals surface area contributed by atoms with Crippen LogP contribution in [0.5, 0.6) is 0 Å². The van der Waals surface area contributed by atoms with Gasteiger partial charge in [0.2, 0.25) is 0 Å². The van der Waals surface area contributed by atoms with Crippen LogP contribution in [0.3, 0.4) is 0 Å². The van der Waals surface area contributed by atoms with Gasteiger partial charge in [-0.05, 0) is 32.1 Å². The minimum absolute atomic E-state index is 0.187. The van der Waals surface area contributed by atoms with Crippen molar-refractivity contribution < 1.29 is 0 Å². The van der Waals surface area contributed by atoms with Gasteiger partial charge in [-0.2, -0.15) is 0 Å². The molecule has 0 bridgehead atoms. The highest BCUT2D eigenvalue weighted by atomic mass is 14.7. The Morgan fingerprint density at radius 3 is 1.83 bits per heavy atom. The molecule has 0 aromatic rings. The predicted molar refractivity (Wildman–Crippen MR) is 56.1 cm³/mol. The Morgan fingerprint density at radius 1 is 1.17 bits per heavy atom. The maximum atomic E-state index is 6.07. The van der Waals surface area contributed by atoms with Crippen molar-refractivity contribution in [2.75, 3.05) is 0 Å². The molecule has 0 rings (SSSR count). The number of hydrogen-bond donors (Lipinski definition) is 1. The fourth-order valence-electron chi connectivity index (χ4n) is 0.848. The molecule has 0 radical (unpaired) electrons. The van der Waals surface area contributed by atoms with Crippen LogP contribution in [0.4, 0.5) is 0 Å². The monoisotopic (exact) mass is 169 g/mol. The number of hydrogen-bond acceptors (Lipinski definition) is 1. The third kappa shape index (κ3) is 4.55. The molecule has 72 valence electrons. The molecule has 0 aromatic heterocycles. The van der Waals surface area contributed by atoms with E-state index in [1.807, 2.05) is 6.92 Å². The molecule has 0 amide bonds. The molecule has 12 heavy (non-hydrogen) atoms. The molecule has 0 aromatic carbocycles. The molecule has 1 nitrogen and oxygen atoms in total. The van der Waals surface area contributed by atoms with Crippen LogP contribution in [-0.2, 0) is 0 Å². The summed E-state index contributed by atoms with van der Waals surface area (Å²) in [5.41, 5.74) is 7.33. The Bertz CT molecular complexity index is 160. The van der Waals surface area contributed by atoms with Gasteiger partial charge < -0.3 is 5.73 Å². The lowest BCUT2D eigenvalue weighted by molar-refractivity contribution is 0.324. The van der Waals surface area contributed by atoms with Crippen LogP contribution >= 0.6 is 0 Å². The van der Waals surface area contributed by atoms with E-state index in [1.54, 1.807) is 0 Å². The van der Waals surface area contributed by atoms with E-state index in [0.717, 1.165) is 18.4 Å². The van der Waals surface area contributed by atoms with Crippen molar-refractivity contribution in [2.24, 2.45) is 11.1 Å². The SMILES string of the molecule is C=C(C)C(C)(N)CCC(C)(C)C. The third-order valence-corrected chi connectivity index (χ3v) is 2.37. The van der Waals surface area contributed by atoms with E-state index in [9.17, 15) is 0 Å². The van der Waals surface area contributed by atoms with E-state index < -0.39 is 0 Å². The van der Waals surface area contributed by atoms with Gasteiger partial charge in [0.25, 0.3) is 0 Å². The van der Waals surface area contributed by atoms with Crippen LogP contribution in [0.25, 0.3) is 0 Å². The molecule has 0 aliphatic rings. The molecule has 0 saturated heterocycles. The summed E-state index contributed by atoms with van der Waals surface area (Å²) in [6, 6.07) is 0. The molecule has 2 N–H and O–H groups in total. The normalized spacial score (nSPS) is 17.2. The van der Waals surface area contributed by atoms with Crippen LogP contribution in [-0.4, -0.2) is 5.54 Å². The lowest BCUT2D eigenvalue weighted by atomic mass is 9.82.